The zero-order valence-electron chi connectivity index (χ0n) is 12.5. The summed E-state index contributed by atoms with van der Waals surface area (Å²) in [6.07, 6.45) is 1.31. The Morgan fingerprint density at radius 3 is 2.71 bits per heavy atom. The van der Waals surface area contributed by atoms with E-state index in [0.717, 1.165) is 6.42 Å². The number of nitro groups is 1. The minimum atomic E-state index is -0.446. The minimum absolute atomic E-state index is 0.0291. The number of nitrogens with one attached hydrogen (secondary N) is 1. The molecule has 3 N–H and O–H groups in total. The Morgan fingerprint density at radius 2 is 2.14 bits per heavy atom. The number of hydrogen-bond donors (Lipinski definition) is 2. The normalized spacial score (nSPS) is 12.2. The summed E-state index contributed by atoms with van der Waals surface area (Å²) in [7, 11) is 0. The number of nitro benzene ring substituents is 1. The third kappa shape index (κ3) is 6.35. The second kappa shape index (κ2) is 8.36. The fourth-order valence-corrected chi connectivity index (χ4v) is 2.24. The van der Waals surface area contributed by atoms with Gasteiger partial charge in [-0.25, -0.2) is 0 Å². The first-order valence-electron chi connectivity index (χ1n) is 7.12. The third-order valence-corrected chi connectivity index (χ3v) is 3.22. The summed E-state index contributed by atoms with van der Waals surface area (Å²) in [5.41, 5.74) is 6.42. The summed E-state index contributed by atoms with van der Waals surface area (Å²) in [6, 6.07) is 6.26. The molecule has 0 aliphatic carbocycles. The van der Waals surface area contributed by atoms with Crippen LogP contribution in [0.4, 0.5) is 5.69 Å². The molecule has 0 bridgehead atoms. The van der Waals surface area contributed by atoms with Crippen LogP contribution in [0.2, 0.25) is 0 Å². The molecule has 1 amide bonds. The molecule has 6 nitrogen and oxygen atoms in total. The second-order valence-corrected chi connectivity index (χ2v) is 5.64. The maximum absolute atomic E-state index is 11.9. The first-order valence-corrected chi connectivity index (χ1v) is 7.12. The molecule has 0 saturated carbocycles. The summed E-state index contributed by atoms with van der Waals surface area (Å²) >= 11 is 0. The summed E-state index contributed by atoms with van der Waals surface area (Å²) in [4.78, 5) is 22.1. The van der Waals surface area contributed by atoms with Crippen LogP contribution in [0.1, 0.15) is 32.3 Å². The smallest absolute Gasteiger partial charge is 0.269 e. The van der Waals surface area contributed by atoms with Crippen molar-refractivity contribution in [3.8, 4) is 0 Å². The van der Waals surface area contributed by atoms with E-state index in [9.17, 15) is 14.9 Å². The highest BCUT2D eigenvalue weighted by atomic mass is 16.6. The van der Waals surface area contributed by atoms with Gasteiger partial charge in [-0.1, -0.05) is 26.0 Å². The molecule has 0 radical (unpaired) electrons. The number of carbonyl (C=O) groups is 1. The Bertz CT molecular complexity index is 489. The molecule has 1 aromatic rings. The number of carbonyl (C=O) groups excluding carboxylic acids is 1. The van der Waals surface area contributed by atoms with Gasteiger partial charge in [0.25, 0.3) is 5.69 Å². The zero-order valence-corrected chi connectivity index (χ0v) is 12.5. The lowest BCUT2D eigenvalue weighted by molar-refractivity contribution is -0.384. The second-order valence-electron chi connectivity index (χ2n) is 5.64. The molecule has 0 aliphatic heterocycles. The molecule has 0 spiro atoms. The number of nitrogens with zero attached hydrogens (tertiary/aromatic N) is 1. The van der Waals surface area contributed by atoms with Crippen molar-refractivity contribution in [1.29, 1.82) is 0 Å². The molecular weight excluding hydrogens is 270 g/mol. The van der Waals surface area contributed by atoms with E-state index in [4.69, 9.17) is 5.73 Å². The van der Waals surface area contributed by atoms with Gasteiger partial charge in [-0.2, -0.15) is 0 Å². The van der Waals surface area contributed by atoms with E-state index in [1.165, 1.54) is 12.1 Å². The summed E-state index contributed by atoms with van der Waals surface area (Å²) < 4.78 is 0. The molecule has 1 unspecified atom stereocenters. The van der Waals surface area contributed by atoms with Crippen LogP contribution in [-0.4, -0.2) is 17.4 Å². The van der Waals surface area contributed by atoms with Crippen LogP contribution in [0, 0.1) is 22.0 Å². The Kier molecular flexibility index (Phi) is 6.81. The first-order chi connectivity index (χ1) is 9.92. The van der Waals surface area contributed by atoms with Crippen LogP contribution in [0.5, 0.6) is 0 Å². The van der Waals surface area contributed by atoms with Crippen molar-refractivity contribution in [1.82, 2.24) is 5.32 Å². The van der Waals surface area contributed by atoms with Crippen LogP contribution in [0.25, 0.3) is 0 Å². The lowest BCUT2D eigenvalue weighted by atomic mass is 9.94. The zero-order chi connectivity index (χ0) is 15.8. The third-order valence-electron chi connectivity index (χ3n) is 3.22. The lowest BCUT2D eigenvalue weighted by Crippen LogP contribution is -2.28. The van der Waals surface area contributed by atoms with Crippen molar-refractivity contribution < 1.29 is 9.72 Å². The number of non-ortho nitro benzene ring substituents is 1. The fraction of sp³-hybridized carbons (Fsp3) is 0.533. The van der Waals surface area contributed by atoms with Crippen LogP contribution < -0.4 is 11.1 Å². The highest BCUT2D eigenvalue weighted by molar-refractivity contribution is 5.76. The molecule has 0 heterocycles. The first kappa shape index (κ1) is 17.1. The molecule has 0 saturated heterocycles. The van der Waals surface area contributed by atoms with Gasteiger partial charge in [0.15, 0.2) is 0 Å². The van der Waals surface area contributed by atoms with Crippen LogP contribution in [0.15, 0.2) is 24.3 Å². The van der Waals surface area contributed by atoms with Gasteiger partial charge in [-0.15, -0.1) is 0 Å². The average Bonchev–Trinajstić information content (AvgIpc) is 2.44. The van der Waals surface area contributed by atoms with E-state index in [1.54, 1.807) is 12.1 Å². The Labute approximate surface area is 124 Å². The van der Waals surface area contributed by atoms with Gasteiger partial charge in [0, 0.05) is 25.1 Å². The van der Waals surface area contributed by atoms with Gasteiger partial charge in [0.2, 0.25) is 5.91 Å². The molecule has 116 valence electrons. The maximum atomic E-state index is 11.9. The number of amides is 1. The molecule has 21 heavy (non-hydrogen) atoms. The largest absolute Gasteiger partial charge is 0.352 e. The number of benzene rings is 1. The quantitative estimate of drug-likeness (QED) is 0.567. The van der Waals surface area contributed by atoms with Gasteiger partial charge in [-0.3, -0.25) is 14.9 Å². The Morgan fingerprint density at radius 1 is 1.43 bits per heavy atom. The van der Waals surface area contributed by atoms with Gasteiger partial charge in [0.05, 0.1) is 4.92 Å². The van der Waals surface area contributed by atoms with E-state index in [2.05, 4.69) is 19.2 Å². The van der Waals surface area contributed by atoms with E-state index in [0.29, 0.717) is 31.0 Å². The minimum Gasteiger partial charge on any atom is -0.352 e. The molecule has 1 atom stereocenters. The van der Waals surface area contributed by atoms with Crippen LogP contribution in [0.3, 0.4) is 0 Å². The highest BCUT2D eigenvalue weighted by Gasteiger charge is 2.14. The van der Waals surface area contributed by atoms with E-state index in [1.807, 2.05) is 0 Å². The van der Waals surface area contributed by atoms with Crippen LogP contribution >= 0.6 is 0 Å². The molecular formula is C15H23N3O3. The van der Waals surface area contributed by atoms with Crippen molar-refractivity contribution in [2.75, 3.05) is 6.54 Å². The van der Waals surface area contributed by atoms with Crippen molar-refractivity contribution >= 4 is 11.6 Å². The predicted molar refractivity (Wildman–Crippen MR) is 81.6 cm³/mol. The van der Waals surface area contributed by atoms with Crippen molar-refractivity contribution in [2.24, 2.45) is 17.6 Å². The SMILES string of the molecule is CC(C)CC(CN)CC(=O)NCc1cccc([N+](=O)[O-])c1. The van der Waals surface area contributed by atoms with Gasteiger partial charge in [-0.05, 0) is 30.4 Å². The van der Waals surface area contributed by atoms with E-state index >= 15 is 0 Å². The van der Waals surface area contributed by atoms with Crippen molar-refractivity contribution in [3.05, 3.63) is 39.9 Å². The molecule has 0 aliphatic rings. The molecule has 0 aromatic heterocycles. The monoisotopic (exact) mass is 293 g/mol. The standard InChI is InChI=1S/C15H23N3O3/c1-11(2)6-13(9-16)8-15(19)17-10-12-4-3-5-14(7-12)18(20)21/h3-5,7,11,13H,6,8-10,16H2,1-2H3,(H,17,19). The Hall–Kier alpha value is -1.95. The summed E-state index contributed by atoms with van der Waals surface area (Å²) in [5.74, 6) is 0.607. The van der Waals surface area contributed by atoms with Gasteiger partial charge in [0.1, 0.15) is 0 Å². The van der Waals surface area contributed by atoms with Crippen LogP contribution in [-0.2, 0) is 11.3 Å². The van der Waals surface area contributed by atoms with Gasteiger partial charge >= 0.3 is 0 Å². The van der Waals surface area contributed by atoms with E-state index in [-0.39, 0.29) is 17.5 Å². The molecule has 0 fully saturated rings. The highest BCUT2D eigenvalue weighted by Crippen LogP contribution is 2.15. The van der Waals surface area contributed by atoms with Gasteiger partial charge < -0.3 is 11.1 Å². The fourth-order valence-electron chi connectivity index (χ4n) is 2.24. The lowest BCUT2D eigenvalue weighted by Gasteiger charge is -2.16. The van der Waals surface area contributed by atoms with Crippen molar-refractivity contribution in [2.45, 2.75) is 33.2 Å². The topological polar surface area (TPSA) is 98.3 Å². The number of nitrogens with two attached hydrogens (primary N) is 1. The molecule has 1 aromatic carbocycles. The average molecular weight is 293 g/mol. The molecule has 6 heteroatoms. The number of hydrogen-bond acceptors (Lipinski definition) is 4. The number of rotatable bonds is 8. The maximum Gasteiger partial charge on any atom is 0.269 e. The van der Waals surface area contributed by atoms with E-state index < -0.39 is 4.92 Å². The Balaban J connectivity index is 2.49. The predicted octanol–water partition coefficient (Wildman–Crippen LogP) is 2.22. The summed E-state index contributed by atoms with van der Waals surface area (Å²) in [6.45, 7) is 4.98. The van der Waals surface area contributed by atoms with Crippen molar-refractivity contribution in [3.63, 3.8) is 0 Å². The summed E-state index contributed by atoms with van der Waals surface area (Å²) in [5, 5.41) is 13.5. The molecule has 1 rings (SSSR count).